The summed E-state index contributed by atoms with van der Waals surface area (Å²) in [5, 5.41) is 5.56. The lowest BCUT2D eigenvalue weighted by Gasteiger charge is -2.22. The van der Waals surface area contributed by atoms with Crippen molar-refractivity contribution in [3.05, 3.63) is 59.7 Å². The first-order chi connectivity index (χ1) is 13.8. The number of methoxy groups -OCH3 is 2. The monoisotopic (exact) mass is 399 g/mol. The van der Waals surface area contributed by atoms with Crippen LogP contribution in [0.2, 0.25) is 0 Å². The highest BCUT2D eigenvalue weighted by Gasteiger charge is 2.21. The lowest BCUT2D eigenvalue weighted by atomic mass is 9.98. The van der Waals surface area contributed by atoms with Crippen molar-refractivity contribution < 1.29 is 19.1 Å². The van der Waals surface area contributed by atoms with E-state index in [4.69, 9.17) is 15.2 Å². The zero-order valence-corrected chi connectivity index (χ0v) is 17.3. The van der Waals surface area contributed by atoms with Crippen LogP contribution in [0.4, 0.5) is 0 Å². The van der Waals surface area contributed by atoms with E-state index < -0.39 is 12.1 Å². The van der Waals surface area contributed by atoms with Gasteiger partial charge >= 0.3 is 0 Å². The molecule has 29 heavy (non-hydrogen) atoms. The molecule has 0 aliphatic rings. The van der Waals surface area contributed by atoms with Gasteiger partial charge in [-0.15, -0.1) is 0 Å². The Bertz CT molecular complexity index is 791. The number of carbonyl (C=O) groups excluding carboxylic acids is 2. The van der Waals surface area contributed by atoms with Crippen molar-refractivity contribution in [1.29, 1.82) is 0 Å². The van der Waals surface area contributed by atoms with Gasteiger partial charge in [0.1, 0.15) is 11.5 Å². The van der Waals surface area contributed by atoms with Crippen LogP contribution < -0.4 is 25.8 Å². The summed E-state index contributed by atoms with van der Waals surface area (Å²) in [7, 11) is 3.18. The number of amides is 2. The summed E-state index contributed by atoms with van der Waals surface area (Å²) in [6, 6.07) is 13.8. The Labute approximate surface area is 171 Å². The highest BCUT2D eigenvalue weighted by atomic mass is 16.5. The molecule has 0 saturated heterocycles. The Hall–Kier alpha value is -3.06. The van der Waals surface area contributed by atoms with Crippen LogP contribution >= 0.6 is 0 Å². The SMILES string of the molecule is COc1cccc(C(NC(=O)CNC(=O)[C@@H](N)C(C)C)c2cccc(OC)c2)c1. The predicted molar refractivity (Wildman–Crippen MR) is 112 cm³/mol. The lowest BCUT2D eigenvalue weighted by Crippen LogP contribution is -2.47. The molecule has 1 atom stereocenters. The molecular weight excluding hydrogens is 370 g/mol. The molecule has 2 rings (SSSR count). The van der Waals surface area contributed by atoms with E-state index in [-0.39, 0.29) is 24.3 Å². The van der Waals surface area contributed by atoms with Crippen molar-refractivity contribution in [2.75, 3.05) is 20.8 Å². The van der Waals surface area contributed by atoms with E-state index in [1.165, 1.54) is 0 Å². The molecule has 0 aliphatic heterocycles. The van der Waals surface area contributed by atoms with Crippen LogP contribution in [-0.4, -0.2) is 38.6 Å². The van der Waals surface area contributed by atoms with Gasteiger partial charge in [-0.1, -0.05) is 38.1 Å². The van der Waals surface area contributed by atoms with E-state index in [9.17, 15) is 9.59 Å². The van der Waals surface area contributed by atoms with Crippen molar-refractivity contribution >= 4 is 11.8 Å². The van der Waals surface area contributed by atoms with E-state index in [1.54, 1.807) is 14.2 Å². The third-order valence-electron chi connectivity index (χ3n) is 4.60. The van der Waals surface area contributed by atoms with E-state index >= 15 is 0 Å². The second-order valence-corrected chi connectivity index (χ2v) is 7.04. The lowest BCUT2D eigenvalue weighted by molar-refractivity contribution is -0.127. The normalized spacial score (nSPS) is 11.8. The van der Waals surface area contributed by atoms with Gasteiger partial charge in [-0.2, -0.15) is 0 Å². The van der Waals surface area contributed by atoms with Gasteiger partial charge in [0.05, 0.1) is 32.8 Å². The minimum atomic E-state index is -0.657. The fourth-order valence-electron chi connectivity index (χ4n) is 2.80. The van der Waals surface area contributed by atoms with Crippen molar-refractivity contribution in [2.24, 2.45) is 11.7 Å². The van der Waals surface area contributed by atoms with Gasteiger partial charge in [-0.25, -0.2) is 0 Å². The molecule has 0 fully saturated rings. The van der Waals surface area contributed by atoms with Crippen LogP contribution in [0.25, 0.3) is 0 Å². The number of hydrogen-bond donors (Lipinski definition) is 3. The molecule has 2 aromatic rings. The number of rotatable bonds is 9. The van der Waals surface area contributed by atoms with E-state index in [1.807, 2.05) is 62.4 Å². The summed E-state index contributed by atoms with van der Waals surface area (Å²) in [5.74, 6) is 0.667. The van der Waals surface area contributed by atoms with E-state index in [0.717, 1.165) is 11.1 Å². The zero-order valence-electron chi connectivity index (χ0n) is 17.3. The molecule has 0 aromatic heterocycles. The minimum absolute atomic E-state index is 0.0145. The molecule has 2 aromatic carbocycles. The highest BCUT2D eigenvalue weighted by Crippen LogP contribution is 2.27. The van der Waals surface area contributed by atoms with Gasteiger partial charge in [0, 0.05) is 0 Å². The molecule has 7 heteroatoms. The fraction of sp³-hybridized carbons (Fsp3) is 0.364. The third-order valence-corrected chi connectivity index (χ3v) is 4.60. The fourth-order valence-corrected chi connectivity index (χ4v) is 2.80. The standard InChI is InChI=1S/C22H29N3O4/c1-14(2)20(23)22(27)24-13-19(26)25-21(15-7-5-9-17(11-15)28-3)16-8-6-10-18(12-16)29-4/h5-12,14,20-21H,13,23H2,1-4H3,(H,24,27)(H,25,26)/t20-/m0/s1. The highest BCUT2D eigenvalue weighted by molar-refractivity contribution is 5.87. The largest absolute Gasteiger partial charge is 0.497 e. The summed E-state index contributed by atoms with van der Waals surface area (Å²) in [5.41, 5.74) is 7.51. The molecule has 0 saturated carbocycles. The number of benzene rings is 2. The summed E-state index contributed by atoms with van der Waals surface area (Å²) in [4.78, 5) is 24.6. The van der Waals surface area contributed by atoms with E-state index in [2.05, 4.69) is 10.6 Å². The van der Waals surface area contributed by atoms with Crippen molar-refractivity contribution in [1.82, 2.24) is 10.6 Å². The Kier molecular flexibility index (Phi) is 8.03. The van der Waals surface area contributed by atoms with Crippen LogP contribution in [0.5, 0.6) is 11.5 Å². The van der Waals surface area contributed by atoms with Crippen LogP contribution in [0.1, 0.15) is 31.0 Å². The molecule has 7 nitrogen and oxygen atoms in total. The van der Waals surface area contributed by atoms with Crippen LogP contribution in [0.15, 0.2) is 48.5 Å². The van der Waals surface area contributed by atoms with Gasteiger partial charge < -0.3 is 25.8 Å². The first kappa shape index (κ1) is 22.2. The average Bonchev–Trinajstić information content (AvgIpc) is 2.75. The summed E-state index contributed by atoms with van der Waals surface area (Å²) >= 11 is 0. The topological polar surface area (TPSA) is 103 Å². The smallest absolute Gasteiger partial charge is 0.240 e. The third kappa shape index (κ3) is 6.22. The molecule has 156 valence electrons. The van der Waals surface area contributed by atoms with Gasteiger partial charge in [0.15, 0.2) is 0 Å². The molecule has 0 bridgehead atoms. The predicted octanol–water partition coefficient (Wildman–Crippen LogP) is 2.01. The van der Waals surface area contributed by atoms with Crippen molar-refractivity contribution in [3.63, 3.8) is 0 Å². The van der Waals surface area contributed by atoms with Crippen molar-refractivity contribution in [3.8, 4) is 11.5 Å². The number of nitrogens with two attached hydrogens (primary N) is 1. The molecule has 0 spiro atoms. The van der Waals surface area contributed by atoms with E-state index in [0.29, 0.717) is 11.5 Å². The summed E-state index contributed by atoms with van der Waals surface area (Å²) in [6.45, 7) is 3.54. The Balaban J connectivity index is 2.21. The Morgan fingerprint density at radius 3 is 1.93 bits per heavy atom. The van der Waals surface area contributed by atoms with Gasteiger partial charge in [0.2, 0.25) is 11.8 Å². The van der Waals surface area contributed by atoms with Gasteiger partial charge in [0.25, 0.3) is 0 Å². The van der Waals surface area contributed by atoms with Crippen molar-refractivity contribution in [2.45, 2.75) is 25.9 Å². The summed E-state index contributed by atoms with van der Waals surface area (Å²) in [6.07, 6.45) is 0. The first-order valence-electron chi connectivity index (χ1n) is 9.46. The van der Waals surface area contributed by atoms with Crippen LogP contribution in [0.3, 0.4) is 0 Å². The minimum Gasteiger partial charge on any atom is -0.497 e. The number of nitrogens with one attached hydrogen (secondary N) is 2. The molecular formula is C22H29N3O4. The molecule has 2 amide bonds. The average molecular weight is 399 g/mol. The Morgan fingerprint density at radius 1 is 0.966 bits per heavy atom. The number of carbonyl (C=O) groups is 2. The molecule has 0 radical (unpaired) electrons. The molecule has 0 unspecified atom stereocenters. The number of ether oxygens (including phenoxy) is 2. The maximum absolute atomic E-state index is 12.6. The molecule has 4 N–H and O–H groups in total. The Morgan fingerprint density at radius 2 is 1.48 bits per heavy atom. The van der Waals surface area contributed by atoms with Crippen LogP contribution in [0, 0.1) is 5.92 Å². The molecule has 0 heterocycles. The maximum atomic E-state index is 12.6. The second-order valence-electron chi connectivity index (χ2n) is 7.04. The van der Waals surface area contributed by atoms with Gasteiger partial charge in [-0.05, 0) is 41.3 Å². The summed E-state index contributed by atoms with van der Waals surface area (Å²) < 4.78 is 10.6. The van der Waals surface area contributed by atoms with Crippen LogP contribution in [-0.2, 0) is 9.59 Å². The quantitative estimate of drug-likeness (QED) is 0.599. The number of hydrogen-bond acceptors (Lipinski definition) is 5. The maximum Gasteiger partial charge on any atom is 0.240 e. The zero-order chi connectivity index (χ0) is 21.4. The first-order valence-corrected chi connectivity index (χ1v) is 9.46. The van der Waals surface area contributed by atoms with Gasteiger partial charge in [-0.3, -0.25) is 9.59 Å². The molecule has 0 aliphatic carbocycles. The second kappa shape index (κ2) is 10.5.